The second kappa shape index (κ2) is 7.36. The van der Waals surface area contributed by atoms with Crippen molar-refractivity contribution in [1.29, 1.82) is 0 Å². The molecule has 1 aliphatic heterocycles. The van der Waals surface area contributed by atoms with Crippen LogP contribution in [0, 0.1) is 12.7 Å². The molecule has 1 N–H and O–H groups in total. The molecule has 3 nitrogen and oxygen atoms in total. The van der Waals surface area contributed by atoms with Gasteiger partial charge >= 0.3 is 0 Å². The van der Waals surface area contributed by atoms with E-state index >= 15 is 0 Å². The number of hydrogen-bond donors (Lipinski definition) is 1. The Labute approximate surface area is 152 Å². The smallest absolute Gasteiger partial charge is 0.173 e. The van der Waals surface area contributed by atoms with Gasteiger partial charge in [0.15, 0.2) is 5.11 Å². The number of piperazine rings is 1. The lowest BCUT2D eigenvalue weighted by atomic mass is 10.2. The summed E-state index contributed by atoms with van der Waals surface area (Å²) in [6.07, 6.45) is 0. The Hall–Kier alpha value is -1.85. The van der Waals surface area contributed by atoms with E-state index in [2.05, 4.69) is 15.1 Å². The summed E-state index contributed by atoms with van der Waals surface area (Å²) in [7, 11) is 0. The van der Waals surface area contributed by atoms with Gasteiger partial charge < -0.3 is 15.1 Å². The van der Waals surface area contributed by atoms with Crippen LogP contribution in [0.1, 0.15) is 5.56 Å². The molecule has 2 aromatic rings. The highest BCUT2D eigenvalue weighted by atomic mass is 35.5. The van der Waals surface area contributed by atoms with Gasteiger partial charge in [0.1, 0.15) is 5.82 Å². The average Bonchev–Trinajstić information content (AvgIpc) is 2.58. The zero-order valence-electron chi connectivity index (χ0n) is 13.4. The summed E-state index contributed by atoms with van der Waals surface area (Å²) in [5.41, 5.74) is 3.09. The largest absolute Gasteiger partial charge is 0.368 e. The van der Waals surface area contributed by atoms with E-state index in [1.165, 1.54) is 12.1 Å². The topological polar surface area (TPSA) is 18.5 Å². The number of halogens is 2. The highest BCUT2D eigenvalue weighted by molar-refractivity contribution is 7.80. The Morgan fingerprint density at radius 3 is 2.38 bits per heavy atom. The third-order valence-electron chi connectivity index (χ3n) is 4.19. The number of rotatable bonds is 2. The van der Waals surface area contributed by atoms with E-state index in [9.17, 15) is 4.39 Å². The number of benzene rings is 2. The third kappa shape index (κ3) is 3.97. The molecule has 126 valence electrons. The monoisotopic (exact) mass is 363 g/mol. The van der Waals surface area contributed by atoms with Gasteiger partial charge in [-0.1, -0.05) is 11.6 Å². The van der Waals surface area contributed by atoms with Crippen molar-refractivity contribution in [1.82, 2.24) is 4.90 Å². The zero-order chi connectivity index (χ0) is 17.1. The molecule has 1 saturated heterocycles. The zero-order valence-corrected chi connectivity index (χ0v) is 15.0. The Balaban J connectivity index is 1.58. The molecule has 0 bridgehead atoms. The lowest BCUT2D eigenvalue weighted by Crippen LogP contribution is -2.50. The minimum Gasteiger partial charge on any atom is -0.368 e. The van der Waals surface area contributed by atoms with Crippen LogP contribution in [0.15, 0.2) is 42.5 Å². The molecule has 0 aliphatic carbocycles. The van der Waals surface area contributed by atoms with Gasteiger partial charge in [0, 0.05) is 42.6 Å². The molecular weight excluding hydrogens is 345 g/mol. The Morgan fingerprint density at radius 2 is 1.75 bits per heavy atom. The summed E-state index contributed by atoms with van der Waals surface area (Å²) in [5.74, 6) is -0.207. The summed E-state index contributed by atoms with van der Waals surface area (Å²) >= 11 is 11.5. The van der Waals surface area contributed by atoms with E-state index in [0.717, 1.165) is 53.3 Å². The predicted octanol–water partition coefficient (Wildman–Crippen LogP) is 4.31. The molecule has 6 heteroatoms. The molecule has 3 rings (SSSR count). The summed E-state index contributed by atoms with van der Waals surface area (Å²) in [5, 5.41) is 4.74. The summed E-state index contributed by atoms with van der Waals surface area (Å²) in [4.78, 5) is 4.40. The van der Waals surface area contributed by atoms with Crippen molar-refractivity contribution >= 4 is 40.3 Å². The summed E-state index contributed by atoms with van der Waals surface area (Å²) < 4.78 is 13.0. The second-order valence-corrected chi connectivity index (χ2v) is 6.66. The van der Waals surface area contributed by atoms with Gasteiger partial charge in [0.05, 0.1) is 0 Å². The number of aryl methyl sites for hydroxylation is 1. The predicted molar refractivity (Wildman–Crippen MR) is 103 cm³/mol. The van der Waals surface area contributed by atoms with Gasteiger partial charge in [0.25, 0.3) is 0 Å². The molecule has 1 fully saturated rings. The maximum Gasteiger partial charge on any atom is 0.173 e. The Morgan fingerprint density at radius 1 is 1.08 bits per heavy atom. The van der Waals surface area contributed by atoms with Crippen molar-refractivity contribution in [2.24, 2.45) is 0 Å². The van der Waals surface area contributed by atoms with E-state index < -0.39 is 0 Å². The van der Waals surface area contributed by atoms with Crippen LogP contribution in [0.5, 0.6) is 0 Å². The molecule has 1 heterocycles. The maximum atomic E-state index is 13.0. The first-order valence-electron chi connectivity index (χ1n) is 7.85. The Bertz CT molecular complexity index is 728. The third-order valence-corrected chi connectivity index (χ3v) is 4.78. The van der Waals surface area contributed by atoms with Gasteiger partial charge in [-0.2, -0.15) is 0 Å². The average molecular weight is 364 g/mol. The highest BCUT2D eigenvalue weighted by Crippen LogP contribution is 2.21. The number of nitrogens with one attached hydrogen (secondary N) is 1. The van der Waals surface area contributed by atoms with Crippen molar-refractivity contribution in [3.63, 3.8) is 0 Å². The van der Waals surface area contributed by atoms with Crippen LogP contribution in [0.25, 0.3) is 0 Å². The number of nitrogens with zero attached hydrogens (tertiary/aromatic N) is 2. The van der Waals surface area contributed by atoms with Crippen molar-refractivity contribution in [2.75, 3.05) is 36.4 Å². The molecule has 24 heavy (non-hydrogen) atoms. The summed E-state index contributed by atoms with van der Waals surface area (Å²) in [6.45, 7) is 5.37. The van der Waals surface area contributed by atoms with Gasteiger partial charge in [0.2, 0.25) is 0 Å². The molecule has 0 saturated carbocycles. The first-order chi connectivity index (χ1) is 11.5. The molecule has 0 aromatic heterocycles. The van der Waals surface area contributed by atoms with Crippen LogP contribution in [0.2, 0.25) is 5.02 Å². The van der Waals surface area contributed by atoms with Gasteiger partial charge in [-0.25, -0.2) is 4.39 Å². The SMILES string of the molecule is Cc1cc(Cl)ccc1NC(=S)N1CCN(c2ccc(F)cc2)CC1. The lowest BCUT2D eigenvalue weighted by Gasteiger charge is -2.37. The highest BCUT2D eigenvalue weighted by Gasteiger charge is 2.19. The van der Waals surface area contributed by atoms with Crippen LogP contribution >= 0.6 is 23.8 Å². The van der Waals surface area contributed by atoms with Crippen LogP contribution in [-0.2, 0) is 0 Å². The van der Waals surface area contributed by atoms with Gasteiger partial charge in [-0.15, -0.1) is 0 Å². The maximum absolute atomic E-state index is 13.0. The normalized spacial score (nSPS) is 14.6. The number of hydrogen-bond acceptors (Lipinski definition) is 2. The first kappa shape index (κ1) is 17.0. The van der Waals surface area contributed by atoms with Crippen molar-refractivity contribution < 1.29 is 4.39 Å². The number of anilines is 2. The quantitative estimate of drug-likeness (QED) is 0.801. The van der Waals surface area contributed by atoms with E-state index in [-0.39, 0.29) is 5.82 Å². The molecular formula is C18H19ClFN3S. The molecule has 0 spiro atoms. The van der Waals surface area contributed by atoms with Crippen LogP contribution in [-0.4, -0.2) is 36.2 Å². The lowest BCUT2D eigenvalue weighted by molar-refractivity contribution is 0.391. The minimum atomic E-state index is -0.207. The molecule has 1 aliphatic rings. The standard InChI is InChI=1S/C18H19ClFN3S/c1-13-12-14(19)2-7-17(13)21-18(24)23-10-8-22(9-11-23)16-5-3-15(20)4-6-16/h2-7,12H,8-11H2,1H3,(H,21,24). The fourth-order valence-electron chi connectivity index (χ4n) is 2.78. The molecule has 0 unspecified atom stereocenters. The number of thiocarbonyl (C=S) groups is 1. The van der Waals surface area contributed by atoms with E-state index in [0.29, 0.717) is 0 Å². The molecule has 0 radical (unpaired) electrons. The van der Waals surface area contributed by atoms with Crippen LogP contribution in [0.3, 0.4) is 0 Å². The molecule has 0 amide bonds. The fraction of sp³-hybridized carbons (Fsp3) is 0.278. The molecule has 0 atom stereocenters. The van der Waals surface area contributed by atoms with Gasteiger partial charge in [-0.3, -0.25) is 0 Å². The van der Waals surface area contributed by atoms with E-state index in [1.807, 2.05) is 37.3 Å². The summed E-state index contributed by atoms with van der Waals surface area (Å²) in [6, 6.07) is 12.3. The van der Waals surface area contributed by atoms with E-state index in [4.69, 9.17) is 23.8 Å². The second-order valence-electron chi connectivity index (χ2n) is 5.84. The molecule has 2 aromatic carbocycles. The van der Waals surface area contributed by atoms with Gasteiger partial charge in [-0.05, 0) is 67.2 Å². The fourth-order valence-corrected chi connectivity index (χ4v) is 3.30. The van der Waals surface area contributed by atoms with Crippen LogP contribution in [0.4, 0.5) is 15.8 Å². The van der Waals surface area contributed by atoms with Crippen molar-refractivity contribution in [2.45, 2.75) is 6.92 Å². The van der Waals surface area contributed by atoms with Crippen molar-refractivity contribution in [3.05, 3.63) is 58.9 Å². The van der Waals surface area contributed by atoms with Crippen molar-refractivity contribution in [3.8, 4) is 0 Å². The first-order valence-corrected chi connectivity index (χ1v) is 8.64. The van der Waals surface area contributed by atoms with E-state index in [1.54, 1.807) is 0 Å². The van der Waals surface area contributed by atoms with Crippen LogP contribution < -0.4 is 10.2 Å². The minimum absolute atomic E-state index is 0.207. The Kier molecular flexibility index (Phi) is 5.21.